The molecule has 0 aliphatic carbocycles. The van der Waals surface area contributed by atoms with E-state index in [1.54, 1.807) is 11.1 Å². The fourth-order valence-corrected chi connectivity index (χ4v) is 4.13. The van der Waals surface area contributed by atoms with Crippen LogP contribution in [0.15, 0.2) is 46.5 Å². The summed E-state index contributed by atoms with van der Waals surface area (Å²) in [5, 5.41) is 2.61. The number of ether oxygens (including phenoxy) is 1. The summed E-state index contributed by atoms with van der Waals surface area (Å²) < 4.78 is 6.77. The normalized spacial score (nSPS) is 16.3. The fraction of sp³-hybridized carbons (Fsp3) is 0.300. The van der Waals surface area contributed by atoms with Gasteiger partial charge in [0.15, 0.2) is 5.13 Å². The lowest BCUT2D eigenvalue weighted by Gasteiger charge is -2.22. The third kappa shape index (κ3) is 4.29. The SMILES string of the molecule is Cc1cnc(C(=O)N(C[C@H]2CCCO2)c2nc(-c3ccc(Br)cc3)cs2)cn1. The van der Waals surface area contributed by atoms with Crippen LogP contribution in [0.4, 0.5) is 5.13 Å². The molecule has 144 valence electrons. The van der Waals surface area contributed by atoms with Crippen LogP contribution in [0, 0.1) is 6.92 Å². The molecule has 1 atom stereocenters. The monoisotopic (exact) mass is 458 g/mol. The van der Waals surface area contributed by atoms with Gasteiger partial charge in [-0.2, -0.15) is 0 Å². The Morgan fingerprint density at radius 3 is 2.79 bits per heavy atom. The van der Waals surface area contributed by atoms with Crippen molar-refractivity contribution in [2.24, 2.45) is 0 Å². The Kier molecular flexibility index (Phi) is 5.79. The van der Waals surface area contributed by atoms with Gasteiger partial charge in [-0.1, -0.05) is 28.1 Å². The largest absolute Gasteiger partial charge is 0.376 e. The van der Waals surface area contributed by atoms with Gasteiger partial charge in [-0.25, -0.2) is 9.97 Å². The first-order valence-electron chi connectivity index (χ1n) is 9.04. The molecule has 8 heteroatoms. The number of carbonyl (C=O) groups is 1. The number of hydrogen-bond donors (Lipinski definition) is 0. The Hall–Kier alpha value is -2.16. The molecule has 3 heterocycles. The molecule has 4 rings (SSSR count). The highest BCUT2D eigenvalue weighted by Crippen LogP contribution is 2.30. The van der Waals surface area contributed by atoms with Crippen LogP contribution in [0.5, 0.6) is 0 Å². The highest BCUT2D eigenvalue weighted by Gasteiger charge is 2.27. The van der Waals surface area contributed by atoms with Crippen LogP contribution in [0.2, 0.25) is 0 Å². The molecule has 1 fully saturated rings. The molecular formula is C20H19BrN4O2S. The van der Waals surface area contributed by atoms with E-state index in [9.17, 15) is 4.79 Å². The van der Waals surface area contributed by atoms with Crippen molar-refractivity contribution < 1.29 is 9.53 Å². The lowest BCUT2D eigenvalue weighted by molar-refractivity contribution is 0.0913. The molecule has 0 unspecified atom stereocenters. The van der Waals surface area contributed by atoms with Gasteiger partial charge in [0.1, 0.15) is 5.69 Å². The molecule has 0 saturated carbocycles. The molecule has 1 saturated heterocycles. The Bertz CT molecular complexity index is 953. The van der Waals surface area contributed by atoms with E-state index in [-0.39, 0.29) is 12.0 Å². The number of carbonyl (C=O) groups excluding carboxylic acids is 1. The van der Waals surface area contributed by atoms with E-state index < -0.39 is 0 Å². The maximum absolute atomic E-state index is 13.2. The minimum atomic E-state index is -0.209. The highest BCUT2D eigenvalue weighted by molar-refractivity contribution is 9.10. The van der Waals surface area contributed by atoms with Gasteiger partial charge in [0.05, 0.1) is 30.2 Å². The molecule has 0 radical (unpaired) electrons. The first-order valence-corrected chi connectivity index (χ1v) is 10.7. The lowest BCUT2D eigenvalue weighted by atomic mass is 10.2. The zero-order chi connectivity index (χ0) is 19.5. The second-order valence-electron chi connectivity index (χ2n) is 6.62. The maximum atomic E-state index is 13.2. The molecule has 1 aliphatic rings. The molecule has 0 spiro atoms. The number of thiazole rings is 1. The number of aryl methyl sites for hydroxylation is 1. The van der Waals surface area contributed by atoms with E-state index >= 15 is 0 Å². The van der Waals surface area contributed by atoms with Crippen LogP contribution in [0.3, 0.4) is 0 Å². The van der Waals surface area contributed by atoms with Crippen molar-refractivity contribution in [3.05, 3.63) is 57.9 Å². The highest BCUT2D eigenvalue weighted by atomic mass is 79.9. The predicted octanol–water partition coefficient (Wildman–Crippen LogP) is 4.50. The fourth-order valence-electron chi connectivity index (χ4n) is 3.02. The Morgan fingerprint density at radius 1 is 1.29 bits per heavy atom. The summed E-state index contributed by atoms with van der Waals surface area (Å²) >= 11 is 4.89. The minimum absolute atomic E-state index is 0.0161. The molecule has 0 bridgehead atoms. The summed E-state index contributed by atoms with van der Waals surface area (Å²) in [6.45, 7) is 3.04. The first kappa shape index (κ1) is 19.2. The van der Waals surface area contributed by atoms with Gasteiger partial charge in [-0.3, -0.25) is 14.7 Å². The second kappa shape index (κ2) is 8.46. The number of nitrogens with zero attached hydrogens (tertiary/aromatic N) is 4. The lowest BCUT2D eigenvalue weighted by Crippen LogP contribution is -2.38. The molecule has 1 aliphatic heterocycles. The van der Waals surface area contributed by atoms with E-state index in [2.05, 4.69) is 25.9 Å². The quantitative estimate of drug-likeness (QED) is 0.562. The van der Waals surface area contributed by atoms with Gasteiger partial charge in [-0.15, -0.1) is 11.3 Å². The Labute approximate surface area is 175 Å². The molecular weight excluding hydrogens is 440 g/mol. The van der Waals surface area contributed by atoms with Gasteiger partial charge >= 0.3 is 0 Å². The third-order valence-electron chi connectivity index (χ3n) is 4.52. The zero-order valence-corrected chi connectivity index (χ0v) is 17.7. The van der Waals surface area contributed by atoms with Crippen molar-refractivity contribution in [2.45, 2.75) is 25.9 Å². The number of halogens is 1. The number of aromatic nitrogens is 3. The number of hydrogen-bond acceptors (Lipinski definition) is 6. The standard InChI is InChI=1S/C20H19BrN4O2S/c1-13-9-23-17(10-22-13)19(26)25(11-16-3-2-8-27-16)20-24-18(12-28-20)14-4-6-15(21)7-5-14/h4-7,9-10,12,16H,2-3,8,11H2,1H3/t16-/m1/s1. The Balaban J connectivity index is 1.64. The topological polar surface area (TPSA) is 68.2 Å². The van der Waals surface area contributed by atoms with Crippen molar-refractivity contribution in [1.29, 1.82) is 0 Å². The van der Waals surface area contributed by atoms with Gasteiger partial charge in [0, 0.05) is 28.2 Å². The maximum Gasteiger partial charge on any atom is 0.280 e. The number of amides is 1. The molecule has 3 aromatic rings. The summed E-state index contributed by atoms with van der Waals surface area (Å²) in [6.07, 6.45) is 5.09. The molecule has 1 aromatic carbocycles. The smallest absolute Gasteiger partial charge is 0.280 e. The summed E-state index contributed by atoms with van der Waals surface area (Å²) in [5.41, 5.74) is 2.93. The zero-order valence-electron chi connectivity index (χ0n) is 15.3. The van der Waals surface area contributed by atoms with Crippen LogP contribution < -0.4 is 4.90 Å². The third-order valence-corrected chi connectivity index (χ3v) is 5.91. The van der Waals surface area contributed by atoms with Gasteiger partial charge < -0.3 is 4.74 Å². The van der Waals surface area contributed by atoms with Crippen LogP contribution in [-0.4, -0.2) is 40.1 Å². The van der Waals surface area contributed by atoms with Crippen molar-refractivity contribution >= 4 is 38.3 Å². The van der Waals surface area contributed by atoms with Crippen LogP contribution in [0.1, 0.15) is 29.0 Å². The average molecular weight is 459 g/mol. The number of rotatable bonds is 5. The molecule has 1 amide bonds. The van der Waals surface area contributed by atoms with Gasteiger partial charge in [0.2, 0.25) is 0 Å². The van der Waals surface area contributed by atoms with Gasteiger partial charge in [-0.05, 0) is 31.9 Å². The van der Waals surface area contributed by atoms with Crippen molar-refractivity contribution in [1.82, 2.24) is 15.0 Å². The molecule has 0 N–H and O–H groups in total. The summed E-state index contributed by atoms with van der Waals surface area (Å²) in [6, 6.07) is 7.96. The second-order valence-corrected chi connectivity index (χ2v) is 8.37. The van der Waals surface area contributed by atoms with Crippen LogP contribution >= 0.6 is 27.3 Å². The predicted molar refractivity (Wildman–Crippen MR) is 113 cm³/mol. The molecule has 6 nitrogen and oxygen atoms in total. The number of anilines is 1. The van der Waals surface area contributed by atoms with E-state index in [1.165, 1.54) is 17.5 Å². The summed E-state index contributed by atoms with van der Waals surface area (Å²) in [5.74, 6) is -0.209. The van der Waals surface area contributed by atoms with E-state index in [0.717, 1.165) is 40.9 Å². The Morgan fingerprint density at radius 2 is 2.11 bits per heavy atom. The van der Waals surface area contributed by atoms with Crippen molar-refractivity contribution in [3.63, 3.8) is 0 Å². The van der Waals surface area contributed by atoms with Crippen LogP contribution in [-0.2, 0) is 4.74 Å². The first-order chi connectivity index (χ1) is 13.6. The van der Waals surface area contributed by atoms with Crippen LogP contribution in [0.25, 0.3) is 11.3 Å². The van der Waals surface area contributed by atoms with E-state index in [4.69, 9.17) is 9.72 Å². The van der Waals surface area contributed by atoms with E-state index in [1.807, 2.05) is 36.6 Å². The van der Waals surface area contributed by atoms with Crippen molar-refractivity contribution in [2.75, 3.05) is 18.1 Å². The molecule has 28 heavy (non-hydrogen) atoms. The minimum Gasteiger partial charge on any atom is -0.376 e. The average Bonchev–Trinajstić information content (AvgIpc) is 3.39. The van der Waals surface area contributed by atoms with Crippen molar-refractivity contribution in [3.8, 4) is 11.3 Å². The summed E-state index contributed by atoms with van der Waals surface area (Å²) in [7, 11) is 0. The van der Waals surface area contributed by atoms with E-state index in [0.29, 0.717) is 17.4 Å². The molecule has 2 aromatic heterocycles. The summed E-state index contributed by atoms with van der Waals surface area (Å²) in [4.78, 5) is 28.0. The number of benzene rings is 1. The van der Waals surface area contributed by atoms with Gasteiger partial charge in [0.25, 0.3) is 5.91 Å².